The monoisotopic (exact) mass is 290 g/mol. The van der Waals surface area contributed by atoms with Gasteiger partial charge < -0.3 is 15.3 Å². The number of carboxylic acids is 1. The molecule has 0 aromatic carbocycles. The Morgan fingerprint density at radius 2 is 2.00 bits per heavy atom. The lowest BCUT2D eigenvalue weighted by molar-refractivity contribution is -0.147. The van der Waals surface area contributed by atoms with Crippen molar-refractivity contribution in [3.8, 4) is 0 Å². The molecule has 0 fully saturated rings. The number of thioether (sulfide) groups is 1. The van der Waals surface area contributed by atoms with Gasteiger partial charge in [-0.15, -0.1) is 0 Å². The number of hydrogen-bond acceptors (Lipinski definition) is 3. The van der Waals surface area contributed by atoms with Crippen molar-refractivity contribution in [2.75, 3.05) is 25.6 Å². The molecule has 112 valence electrons. The van der Waals surface area contributed by atoms with Crippen LogP contribution in [-0.4, -0.2) is 53.6 Å². The molecule has 0 spiro atoms. The van der Waals surface area contributed by atoms with E-state index in [9.17, 15) is 9.59 Å². The first-order valence-electron chi connectivity index (χ1n) is 6.45. The maximum absolute atomic E-state index is 11.9. The van der Waals surface area contributed by atoms with Gasteiger partial charge in [-0.25, -0.2) is 4.79 Å². The summed E-state index contributed by atoms with van der Waals surface area (Å²) in [6.07, 6.45) is 3.41. The van der Waals surface area contributed by atoms with Crippen LogP contribution in [0.15, 0.2) is 0 Å². The number of hydrogen-bond donors (Lipinski definition) is 2. The summed E-state index contributed by atoms with van der Waals surface area (Å²) >= 11 is 1.76. The normalized spacial score (nSPS) is 12.9. The smallest absolute Gasteiger partial charge is 0.317 e. The zero-order valence-corrected chi connectivity index (χ0v) is 13.3. The number of carbonyl (C=O) groups is 2. The molecular formula is C13H26N2O3S. The van der Waals surface area contributed by atoms with Crippen LogP contribution < -0.4 is 5.32 Å². The van der Waals surface area contributed by atoms with E-state index in [-0.39, 0.29) is 12.1 Å². The van der Waals surface area contributed by atoms with Crippen LogP contribution >= 0.6 is 11.8 Å². The minimum Gasteiger partial charge on any atom is -0.481 e. The predicted molar refractivity (Wildman–Crippen MR) is 79.7 cm³/mol. The van der Waals surface area contributed by atoms with Crippen LogP contribution in [-0.2, 0) is 4.79 Å². The van der Waals surface area contributed by atoms with Crippen molar-refractivity contribution in [2.24, 2.45) is 5.41 Å². The molecule has 19 heavy (non-hydrogen) atoms. The summed E-state index contributed by atoms with van der Waals surface area (Å²) < 4.78 is 0. The second kappa shape index (κ2) is 8.30. The third-order valence-corrected chi connectivity index (χ3v) is 3.97. The van der Waals surface area contributed by atoms with Crippen molar-refractivity contribution in [3.63, 3.8) is 0 Å². The number of nitrogens with zero attached hydrogens (tertiary/aromatic N) is 1. The van der Waals surface area contributed by atoms with Gasteiger partial charge in [-0.2, -0.15) is 11.8 Å². The Morgan fingerprint density at radius 1 is 1.42 bits per heavy atom. The molecule has 0 radical (unpaired) electrons. The summed E-state index contributed by atoms with van der Waals surface area (Å²) in [5.74, 6) is 0.175. The molecule has 6 heteroatoms. The molecule has 0 rings (SSSR count). The van der Waals surface area contributed by atoms with Gasteiger partial charge in [0.25, 0.3) is 0 Å². The SMILES string of the molecule is CSCCC(C)N(C)C(=O)NCCC(C)(C)C(=O)O. The van der Waals surface area contributed by atoms with Crippen molar-refractivity contribution in [1.29, 1.82) is 0 Å². The third kappa shape index (κ3) is 6.71. The first kappa shape index (κ1) is 18.1. The lowest BCUT2D eigenvalue weighted by Gasteiger charge is -2.26. The quantitative estimate of drug-likeness (QED) is 0.719. The van der Waals surface area contributed by atoms with E-state index in [0.29, 0.717) is 13.0 Å². The van der Waals surface area contributed by atoms with Gasteiger partial charge in [0.15, 0.2) is 0 Å². The third-order valence-electron chi connectivity index (χ3n) is 3.33. The average Bonchev–Trinajstić information content (AvgIpc) is 2.34. The van der Waals surface area contributed by atoms with E-state index in [0.717, 1.165) is 12.2 Å². The van der Waals surface area contributed by atoms with Gasteiger partial charge in [0.1, 0.15) is 0 Å². The largest absolute Gasteiger partial charge is 0.481 e. The molecule has 0 aromatic rings. The van der Waals surface area contributed by atoms with Crippen LogP contribution in [0.1, 0.15) is 33.6 Å². The van der Waals surface area contributed by atoms with E-state index in [1.807, 2.05) is 13.2 Å². The molecule has 0 saturated carbocycles. The highest BCUT2D eigenvalue weighted by molar-refractivity contribution is 7.98. The lowest BCUT2D eigenvalue weighted by Crippen LogP contribution is -2.43. The van der Waals surface area contributed by atoms with Crippen molar-refractivity contribution in [3.05, 3.63) is 0 Å². The summed E-state index contributed by atoms with van der Waals surface area (Å²) in [5.41, 5.74) is -0.809. The highest BCUT2D eigenvalue weighted by Crippen LogP contribution is 2.19. The van der Waals surface area contributed by atoms with Gasteiger partial charge in [0.05, 0.1) is 5.41 Å². The van der Waals surface area contributed by atoms with Gasteiger partial charge >= 0.3 is 12.0 Å². The van der Waals surface area contributed by atoms with E-state index < -0.39 is 11.4 Å². The zero-order valence-electron chi connectivity index (χ0n) is 12.5. The number of rotatable bonds is 8. The molecule has 0 heterocycles. The van der Waals surface area contributed by atoms with Crippen molar-refractivity contribution < 1.29 is 14.7 Å². The Bertz CT molecular complexity index is 308. The molecule has 0 aromatic heterocycles. The molecule has 5 nitrogen and oxygen atoms in total. The predicted octanol–water partition coefficient (Wildman–Crippen LogP) is 2.27. The van der Waals surface area contributed by atoms with E-state index in [1.54, 1.807) is 37.6 Å². The highest BCUT2D eigenvalue weighted by Gasteiger charge is 2.27. The zero-order chi connectivity index (χ0) is 15.1. The van der Waals surface area contributed by atoms with Crippen LogP contribution in [0.25, 0.3) is 0 Å². The summed E-state index contributed by atoms with van der Waals surface area (Å²) in [6.45, 7) is 5.70. The molecule has 0 aliphatic carbocycles. The van der Waals surface area contributed by atoms with Gasteiger partial charge in [-0.1, -0.05) is 0 Å². The van der Waals surface area contributed by atoms with E-state index in [2.05, 4.69) is 5.32 Å². The minimum absolute atomic E-state index is 0.144. The lowest BCUT2D eigenvalue weighted by atomic mass is 9.90. The standard InChI is InChI=1S/C13H26N2O3S/c1-10(6-9-19-5)15(4)12(18)14-8-7-13(2,3)11(16)17/h10H,6-9H2,1-5H3,(H,14,18)(H,16,17). The van der Waals surface area contributed by atoms with E-state index >= 15 is 0 Å². The number of carboxylic acid groups (broad SMARTS) is 1. The second-order valence-electron chi connectivity index (χ2n) is 5.41. The Morgan fingerprint density at radius 3 is 2.47 bits per heavy atom. The highest BCUT2D eigenvalue weighted by atomic mass is 32.2. The molecule has 2 amide bonds. The van der Waals surface area contributed by atoms with Crippen LogP contribution in [0, 0.1) is 5.41 Å². The second-order valence-corrected chi connectivity index (χ2v) is 6.40. The average molecular weight is 290 g/mol. The van der Waals surface area contributed by atoms with Crippen molar-refractivity contribution in [2.45, 2.75) is 39.7 Å². The number of aliphatic carboxylic acids is 1. The maximum atomic E-state index is 11.9. The van der Waals surface area contributed by atoms with Gasteiger partial charge in [0.2, 0.25) is 0 Å². The van der Waals surface area contributed by atoms with Crippen LogP contribution in [0.3, 0.4) is 0 Å². The topological polar surface area (TPSA) is 69.6 Å². The van der Waals surface area contributed by atoms with Crippen LogP contribution in [0.5, 0.6) is 0 Å². The fraction of sp³-hybridized carbons (Fsp3) is 0.846. The van der Waals surface area contributed by atoms with Crippen molar-refractivity contribution >= 4 is 23.8 Å². The fourth-order valence-electron chi connectivity index (χ4n) is 1.40. The number of carbonyl (C=O) groups excluding carboxylic acids is 1. The summed E-state index contributed by atoms with van der Waals surface area (Å²) in [7, 11) is 1.77. The molecule has 2 N–H and O–H groups in total. The molecule has 0 aliphatic rings. The Hall–Kier alpha value is -0.910. The van der Waals surface area contributed by atoms with E-state index in [4.69, 9.17) is 5.11 Å². The summed E-state index contributed by atoms with van der Waals surface area (Å²) in [4.78, 5) is 24.5. The Kier molecular flexibility index (Phi) is 7.90. The number of amides is 2. The number of nitrogens with one attached hydrogen (secondary N) is 1. The molecule has 1 unspecified atom stereocenters. The van der Waals surface area contributed by atoms with Gasteiger partial charge in [0, 0.05) is 19.6 Å². The molecule has 1 atom stereocenters. The Balaban J connectivity index is 4.07. The minimum atomic E-state index is -0.844. The summed E-state index contributed by atoms with van der Waals surface area (Å²) in [5, 5.41) is 11.7. The van der Waals surface area contributed by atoms with Crippen LogP contribution in [0.2, 0.25) is 0 Å². The van der Waals surface area contributed by atoms with Crippen LogP contribution in [0.4, 0.5) is 4.79 Å². The Labute approximate surface area is 120 Å². The number of urea groups is 1. The molecular weight excluding hydrogens is 264 g/mol. The first-order chi connectivity index (χ1) is 8.72. The maximum Gasteiger partial charge on any atom is 0.317 e. The fourth-order valence-corrected chi connectivity index (χ4v) is 1.97. The van der Waals surface area contributed by atoms with Crippen molar-refractivity contribution in [1.82, 2.24) is 10.2 Å². The van der Waals surface area contributed by atoms with Gasteiger partial charge in [-0.3, -0.25) is 4.79 Å². The first-order valence-corrected chi connectivity index (χ1v) is 7.84. The molecule has 0 saturated heterocycles. The molecule has 0 aliphatic heterocycles. The summed E-state index contributed by atoms with van der Waals surface area (Å²) in [6, 6.07) is 0.0368. The molecule has 0 bridgehead atoms. The van der Waals surface area contributed by atoms with Gasteiger partial charge in [-0.05, 0) is 45.6 Å². The van der Waals surface area contributed by atoms with E-state index in [1.165, 1.54) is 0 Å².